The second-order valence-corrected chi connectivity index (χ2v) is 3.03. The van der Waals surface area contributed by atoms with Crippen molar-refractivity contribution in [2.75, 3.05) is 7.11 Å². The monoisotopic (exact) mass is 214 g/mol. The zero-order chi connectivity index (χ0) is 10.6. The molecular weight excluding hydrogens is 204 g/mol. The van der Waals surface area contributed by atoms with Gasteiger partial charge in [0.05, 0.1) is 13.0 Å². The quantitative estimate of drug-likeness (QED) is 0.615. The molecule has 1 N–H and O–H groups in total. The summed E-state index contributed by atoms with van der Waals surface area (Å²) in [5.74, 6) is 0.545. The van der Waals surface area contributed by atoms with Gasteiger partial charge in [-0.05, 0) is 11.6 Å². The van der Waals surface area contributed by atoms with Gasteiger partial charge >= 0.3 is 0 Å². The van der Waals surface area contributed by atoms with E-state index in [1.807, 2.05) is 0 Å². The molecule has 0 aliphatic carbocycles. The molecule has 0 amide bonds. The first-order valence-electron chi connectivity index (χ1n) is 4.11. The van der Waals surface area contributed by atoms with Crippen molar-refractivity contribution in [2.45, 2.75) is 12.3 Å². The number of phenols is 1. The van der Waals surface area contributed by atoms with Crippen molar-refractivity contribution in [2.24, 2.45) is 0 Å². The molecule has 0 bridgehead atoms. The molecule has 3 nitrogen and oxygen atoms in total. The number of aldehydes is 1. The van der Waals surface area contributed by atoms with Gasteiger partial charge in [-0.2, -0.15) is 0 Å². The molecule has 0 unspecified atom stereocenters. The fourth-order valence-corrected chi connectivity index (χ4v) is 1.55. The number of benzene rings is 1. The molecule has 1 aromatic carbocycles. The van der Waals surface area contributed by atoms with Crippen molar-refractivity contribution in [1.82, 2.24) is 0 Å². The van der Waals surface area contributed by atoms with Crippen LogP contribution in [-0.2, 0) is 17.1 Å². The van der Waals surface area contributed by atoms with Crippen LogP contribution in [0.15, 0.2) is 12.1 Å². The lowest BCUT2D eigenvalue weighted by Gasteiger charge is -2.10. The predicted molar refractivity (Wildman–Crippen MR) is 54.0 cm³/mol. The third-order valence-electron chi connectivity index (χ3n) is 2.00. The van der Waals surface area contributed by atoms with E-state index in [1.54, 1.807) is 12.1 Å². The Morgan fingerprint density at radius 1 is 1.57 bits per heavy atom. The van der Waals surface area contributed by atoms with Gasteiger partial charge in [0, 0.05) is 12.0 Å². The van der Waals surface area contributed by atoms with E-state index >= 15 is 0 Å². The number of phenolic OH excluding ortho intramolecular Hbond substituents is 1. The first-order chi connectivity index (χ1) is 6.74. The number of ether oxygens (including phenoxy) is 1. The van der Waals surface area contributed by atoms with Crippen molar-refractivity contribution in [3.63, 3.8) is 0 Å². The second kappa shape index (κ2) is 4.86. The number of carbonyl (C=O) groups is 1. The van der Waals surface area contributed by atoms with Crippen LogP contribution < -0.4 is 4.74 Å². The molecule has 76 valence electrons. The Bertz CT molecular complexity index is 336. The Labute approximate surface area is 87.3 Å². The lowest BCUT2D eigenvalue weighted by atomic mass is 10.0. The fraction of sp³-hybridized carbons (Fsp3) is 0.300. The van der Waals surface area contributed by atoms with Crippen LogP contribution in [-0.4, -0.2) is 18.5 Å². The minimum absolute atomic E-state index is 0.0156. The summed E-state index contributed by atoms with van der Waals surface area (Å²) in [6.07, 6.45) is 1.02. The van der Waals surface area contributed by atoms with Crippen LogP contribution in [0, 0.1) is 0 Å². The number of aromatic hydroxyl groups is 1. The molecule has 0 saturated carbocycles. The highest BCUT2D eigenvalue weighted by Gasteiger charge is 2.11. The van der Waals surface area contributed by atoms with Crippen LogP contribution in [0.4, 0.5) is 0 Å². The lowest BCUT2D eigenvalue weighted by molar-refractivity contribution is -0.107. The molecule has 0 fully saturated rings. The Morgan fingerprint density at radius 2 is 2.29 bits per heavy atom. The summed E-state index contributed by atoms with van der Waals surface area (Å²) < 4.78 is 4.92. The Kier molecular flexibility index (Phi) is 3.77. The van der Waals surface area contributed by atoms with E-state index in [4.69, 9.17) is 16.3 Å². The van der Waals surface area contributed by atoms with Crippen LogP contribution >= 0.6 is 11.6 Å². The van der Waals surface area contributed by atoms with Crippen molar-refractivity contribution >= 4 is 17.9 Å². The van der Waals surface area contributed by atoms with E-state index < -0.39 is 0 Å². The summed E-state index contributed by atoms with van der Waals surface area (Å²) in [4.78, 5) is 10.4. The number of carbonyl (C=O) groups excluding carboxylic acids is 1. The van der Waals surface area contributed by atoms with Gasteiger partial charge in [-0.25, -0.2) is 0 Å². The Hall–Kier alpha value is -1.22. The third kappa shape index (κ3) is 1.99. The molecule has 0 saturated heterocycles. The van der Waals surface area contributed by atoms with Crippen LogP contribution in [0.5, 0.6) is 11.5 Å². The first kappa shape index (κ1) is 10.9. The van der Waals surface area contributed by atoms with E-state index in [-0.39, 0.29) is 18.1 Å². The Morgan fingerprint density at radius 3 is 2.79 bits per heavy atom. The molecular formula is C10H11ClO3. The number of halogens is 1. The van der Waals surface area contributed by atoms with E-state index in [0.717, 1.165) is 11.8 Å². The normalized spacial score (nSPS) is 9.86. The molecule has 0 aromatic heterocycles. The van der Waals surface area contributed by atoms with Gasteiger partial charge < -0.3 is 14.6 Å². The van der Waals surface area contributed by atoms with E-state index in [9.17, 15) is 9.90 Å². The largest absolute Gasteiger partial charge is 0.504 e. The van der Waals surface area contributed by atoms with Gasteiger partial charge in [-0.15, -0.1) is 11.6 Å². The summed E-state index contributed by atoms with van der Waals surface area (Å²) in [6.45, 7) is 0. The van der Waals surface area contributed by atoms with Gasteiger partial charge in [-0.1, -0.05) is 6.07 Å². The van der Waals surface area contributed by atoms with E-state index in [2.05, 4.69) is 0 Å². The zero-order valence-electron chi connectivity index (χ0n) is 7.79. The van der Waals surface area contributed by atoms with Crippen molar-refractivity contribution in [1.29, 1.82) is 0 Å². The average molecular weight is 215 g/mol. The van der Waals surface area contributed by atoms with Crippen molar-refractivity contribution in [3.05, 3.63) is 23.3 Å². The second-order valence-electron chi connectivity index (χ2n) is 2.76. The van der Waals surface area contributed by atoms with Crippen molar-refractivity contribution in [3.8, 4) is 11.5 Å². The number of rotatable bonds is 4. The SMILES string of the molecule is COc1ccc(CC=O)c(CCl)c1O. The topological polar surface area (TPSA) is 46.5 Å². The standard InChI is InChI=1S/C10H11ClO3/c1-14-9-3-2-7(4-5-12)8(6-11)10(9)13/h2-3,5,13H,4,6H2,1H3. The summed E-state index contributed by atoms with van der Waals surface area (Å²) in [7, 11) is 1.46. The van der Waals surface area contributed by atoms with Crippen LogP contribution in [0.3, 0.4) is 0 Å². The van der Waals surface area contributed by atoms with Gasteiger partial charge in [0.2, 0.25) is 0 Å². The average Bonchev–Trinajstić information content (AvgIpc) is 2.19. The minimum Gasteiger partial charge on any atom is -0.504 e. The molecule has 4 heteroatoms. The lowest BCUT2D eigenvalue weighted by Crippen LogP contribution is -1.95. The summed E-state index contributed by atoms with van der Waals surface area (Å²) in [6, 6.07) is 3.34. The zero-order valence-corrected chi connectivity index (χ0v) is 8.54. The molecule has 0 radical (unpaired) electrons. The first-order valence-corrected chi connectivity index (χ1v) is 4.65. The molecule has 0 atom stereocenters. The highest BCUT2D eigenvalue weighted by molar-refractivity contribution is 6.17. The maximum atomic E-state index is 10.4. The van der Waals surface area contributed by atoms with Gasteiger partial charge in [0.1, 0.15) is 6.29 Å². The van der Waals surface area contributed by atoms with E-state index in [1.165, 1.54) is 7.11 Å². The van der Waals surface area contributed by atoms with Crippen LogP contribution in [0.2, 0.25) is 0 Å². The smallest absolute Gasteiger partial charge is 0.162 e. The molecule has 0 spiro atoms. The molecule has 1 aromatic rings. The molecule has 14 heavy (non-hydrogen) atoms. The number of hydrogen-bond donors (Lipinski definition) is 1. The van der Waals surface area contributed by atoms with Gasteiger partial charge in [0.25, 0.3) is 0 Å². The van der Waals surface area contributed by atoms with Crippen LogP contribution in [0.1, 0.15) is 11.1 Å². The molecule has 0 aliphatic rings. The Balaban J connectivity index is 3.20. The summed E-state index contributed by atoms with van der Waals surface area (Å²) in [5, 5.41) is 9.67. The maximum absolute atomic E-state index is 10.4. The molecule has 0 heterocycles. The van der Waals surface area contributed by atoms with Gasteiger partial charge in [-0.3, -0.25) is 0 Å². The van der Waals surface area contributed by atoms with Gasteiger partial charge in [0.15, 0.2) is 11.5 Å². The van der Waals surface area contributed by atoms with E-state index in [0.29, 0.717) is 11.3 Å². The van der Waals surface area contributed by atoms with Crippen molar-refractivity contribution < 1.29 is 14.6 Å². The maximum Gasteiger partial charge on any atom is 0.162 e. The minimum atomic E-state index is 0.0156. The number of methoxy groups -OCH3 is 1. The molecule has 1 rings (SSSR count). The highest BCUT2D eigenvalue weighted by Crippen LogP contribution is 2.33. The fourth-order valence-electron chi connectivity index (χ4n) is 1.25. The van der Waals surface area contributed by atoms with Crippen LogP contribution in [0.25, 0.3) is 0 Å². The number of alkyl halides is 1. The summed E-state index contributed by atoms with van der Waals surface area (Å²) >= 11 is 5.67. The summed E-state index contributed by atoms with van der Waals surface area (Å²) in [5.41, 5.74) is 1.28. The highest BCUT2D eigenvalue weighted by atomic mass is 35.5. The third-order valence-corrected chi connectivity index (χ3v) is 2.27. The molecule has 0 aliphatic heterocycles. The predicted octanol–water partition coefficient (Wildman–Crippen LogP) is 1.88. The number of hydrogen-bond acceptors (Lipinski definition) is 3.